The maximum absolute atomic E-state index is 10.1. The SMILES string of the molecule is CN(C)c1ccc(N=O)cc1Cl. The van der Waals surface area contributed by atoms with Crippen molar-refractivity contribution in [3.05, 3.63) is 28.1 Å². The maximum Gasteiger partial charge on any atom is 0.109 e. The van der Waals surface area contributed by atoms with Gasteiger partial charge < -0.3 is 4.90 Å². The summed E-state index contributed by atoms with van der Waals surface area (Å²) >= 11 is 5.86. The third kappa shape index (κ3) is 1.74. The average Bonchev–Trinajstić information content (AvgIpc) is 2.03. The first kappa shape index (κ1) is 9.00. The lowest BCUT2D eigenvalue weighted by atomic mass is 10.3. The van der Waals surface area contributed by atoms with Gasteiger partial charge in [-0.15, -0.1) is 4.91 Å². The molecule has 0 saturated heterocycles. The number of hydrogen-bond donors (Lipinski definition) is 0. The summed E-state index contributed by atoms with van der Waals surface area (Å²) in [6.07, 6.45) is 0. The molecule has 64 valence electrons. The van der Waals surface area contributed by atoms with Gasteiger partial charge in [-0.3, -0.25) is 0 Å². The van der Waals surface area contributed by atoms with E-state index >= 15 is 0 Å². The molecule has 1 aromatic rings. The minimum atomic E-state index is 0.352. The highest BCUT2D eigenvalue weighted by molar-refractivity contribution is 6.33. The standard InChI is InChI=1S/C8H9ClN2O/c1-11(2)8-4-3-6(10-12)5-7(8)9/h3-5H,1-2H3. The van der Waals surface area contributed by atoms with Crippen LogP contribution in [-0.4, -0.2) is 14.1 Å². The molecule has 0 radical (unpaired) electrons. The topological polar surface area (TPSA) is 32.7 Å². The van der Waals surface area contributed by atoms with Gasteiger partial charge in [-0.1, -0.05) is 11.6 Å². The van der Waals surface area contributed by atoms with Crippen molar-refractivity contribution < 1.29 is 0 Å². The zero-order chi connectivity index (χ0) is 9.14. The van der Waals surface area contributed by atoms with Crippen LogP contribution < -0.4 is 4.90 Å². The zero-order valence-corrected chi connectivity index (χ0v) is 7.67. The summed E-state index contributed by atoms with van der Waals surface area (Å²) in [4.78, 5) is 12.0. The molecule has 12 heavy (non-hydrogen) atoms. The van der Waals surface area contributed by atoms with Crippen LogP contribution in [0.4, 0.5) is 11.4 Å². The van der Waals surface area contributed by atoms with Crippen molar-refractivity contribution in [2.24, 2.45) is 5.18 Å². The monoisotopic (exact) mass is 184 g/mol. The summed E-state index contributed by atoms with van der Waals surface area (Å²) in [5.74, 6) is 0. The highest BCUT2D eigenvalue weighted by atomic mass is 35.5. The van der Waals surface area contributed by atoms with Crippen molar-refractivity contribution >= 4 is 23.0 Å². The van der Waals surface area contributed by atoms with Gasteiger partial charge in [0.25, 0.3) is 0 Å². The van der Waals surface area contributed by atoms with E-state index in [9.17, 15) is 4.91 Å². The van der Waals surface area contributed by atoms with Crippen molar-refractivity contribution in [3.63, 3.8) is 0 Å². The number of anilines is 1. The average molecular weight is 185 g/mol. The summed E-state index contributed by atoms with van der Waals surface area (Å²) in [5.41, 5.74) is 1.23. The second-order valence-corrected chi connectivity index (χ2v) is 3.03. The molecule has 0 bridgehead atoms. The summed E-state index contributed by atoms with van der Waals surface area (Å²) in [7, 11) is 3.77. The number of nitroso groups, excluding NO2 is 1. The third-order valence-electron chi connectivity index (χ3n) is 1.52. The van der Waals surface area contributed by atoms with Crippen molar-refractivity contribution in [3.8, 4) is 0 Å². The molecule has 0 saturated carbocycles. The van der Waals surface area contributed by atoms with Gasteiger partial charge >= 0.3 is 0 Å². The molecule has 0 N–H and O–H groups in total. The summed E-state index contributed by atoms with van der Waals surface area (Å²) in [5, 5.41) is 3.32. The highest BCUT2D eigenvalue weighted by Crippen LogP contribution is 2.28. The fourth-order valence-electron chi connectivity index (χ4n) is 0.915. The fourth-order valence-corrected chi connectivity index (χ4v) is 1.26. The fraction of sp³-hybridized carbons (Fsp3) is 0.250. The Kier molecular flexibility index (Phi) is 2.65. The van der Waals surface area contributed by atoms with E-state index in [1.807, 2.05) is 19.0 Å². The van der Waals surface area contributed by atoms with Gasteiger partial charge in [0, 0.05) is 14.1 Å². The minimum absolute atomic E-state index is 0.352. The molecule has 1 aromatic carbocycles. The molecule has 0 aliphatic heterocycles. The van der Waals surface area contributed by atoms with Crippen LogP contribution in [0, 0.1) is 4.91 Å². The Balaban J connectivity index is 3.11. The zero-order valence-electron chi connectivity index (χ0n) is 6.91. The van der Waals surface area contributed by atoms with Crippen molar-refractivity contribution in [1.82, 2.24) is 0 Å². The number of nitrogens with zero attached hydrogens (tertiary/aromatic N) is 2. The predicted molar refractivity (Wildman–Crippen MR) is 51.2 cm³/mol. The van der Waals surface area contributed by atoms with Crippen LogP contribution in [0.2, 0.25) is 5.02 Å². The Bertz CT molecular complexity index is 299. The maximum atomic E-state index is 10.1. The molecule has 0 spiro atoms. The number of rotatable bonds is 2. The molecule has 0 aromatic heterocycles. The number of halogens is 1. The molecule has 4 heteroatoms. The van der Waals surface area contributed by atoms with Crippen LogP contribution in [0.1, 0.15) is 0 Å². The summed E-state index contributed by atoms with van der Waals surface area (Å²) in [6.45, 7) is 0. The smallest absolute Gasteiger partial charge is 0.109 e. The lowest BCUT2D eigenvalue weighted by Crippen LogP contribution is -2.08. The Labute approximate surface area is 75.9 Å². The second kappa shape index (κ2) is 3.54. The Morgan fingerprint density at radius 3 is 2.50 bits per heavy atom. The number of hydrogen-bond acceptors (Lipinski definition) is 3. The van der Waals surface area contributed by atoms with Gasteiger partial charge in [-0.2, -0.15) is 0 Å². The van der Waals surface area contributed by atoms with E-state index in [0.717, 1.165) is 5.69 Å². The second-order valence-electron chi connectivity index (χ2n) is 2.62. The molecular weight excluding hydrogens is 176 g/mol. The lowest BCUT2D eigenvalue weighted by molar-refractivity contribution is 1.13. The van der Waals surface area contributed by atoms with E-state index in [2.05, 4.69) is 5.18 Å². The first-order valence-corrected chi connectivity index (χ1v) is 3.83. The van der Waals surface area contributed by atoms with Gasteiger partial charge in [-0.25, -0.2) is 0 Å². The quantitative estimate of drug-likeness (QED) is 0.663. The highest BCUT2D eigenvalue weighted by Gasteiger charge is 2.02. The molecule has 0 atom stereocenters. The summed E-state index contributed by atoms with van der Waals surface area (Å²) < 4.78 is 0. The van der Waals surface area contributed by atoms with Crippen LogP contribution in [0.15, 0.2) is 23.4 Å². The van der Waals surface area contributed by atoms with E-state index in [4.69, 9.17) is 11.6 Å². The molecule has 0 fully saturated rings. The molecule has 0 amide bonds. The van der Waals surface area contributed by atoms with Gasteiger partial charge in [-0.05, 0) is 23.4 Å². The van der Waals surface area contributed by atoms with Gasteiger partial charge in [0.05, 0.1) is 10.7 Å². The van der Waals surface area contributed by atoms with E-state index in [0.29, 0.717) is 10.7 Å². The van der Waals surface area contributed by atoms with E-state index in [1.54, 1.807) is 18.2 Å². The van der Waals surface area contributed by atoms with Crippen LogP contribution in [-0.2, 0) is 0 Å². The molecule has 3 nitrogen and oxygen atoms in total. The lowest BCUT2D eigenvalue weighted by Gasteiger charge is -2.13. The summed E-state index contributed by atoms with van der Waals surface area (Å²) in [6, 6.07) is 4.94. The van der Waals surface area contributed by atoms with Gasteiger partial charge in [0.15, 0.2) is 0 Å². The first-order valence-electron chi connectivity index (χ1n) is 3.45. The van der Waals surface area contributed by atoms with E-state index in [1.165, 1.54) is 0 Å². The molecule has 0 aliphatic rings. The van der Waals surface area contributed by atoms with Crippen LogP contribution >= 0.6 is 11.6 Å². The van der Waals surface area contributed by atoms with Crippen molar-refractivity contribution in [2.45, 2.75) is 0 Å². The Morgan fingerprint density at radius 2 is 2.08 bits per heavy atom. The molecular formula is C8H9ClN2O. The number of benzene rings is 1. The molecule has 0 aliphatic carbocycles. The molecule has 0 unspecified atom stereocenters. The van der Waals surface area contributed by atoms with E-state index < -0.39 is 0 Å². The molecule has 0 heterocycles. The van der Waals surface area contributed by atoms with Crippen molar-refractivity contribution in [1.29, 1.82) is 0 Å². The van der Waals surface area contributed by atoms with Crippen molar-refractivity contribution in [2.75, 3.05) is 19.0 Å². The normalized spacial score (nSPS) is 9.58. The van der Waals surface area contributed by atoms with E-state index in [-0.39, 0.29) is 0 Å². The van der Waals surface area contributed by atoms with Crippen LogP contribution in [0.3, 0.4) is 0 Å². The molecule has 1 rings (SSSR count). The first-order chi connectivity index (χ1) is 5.65. The van der Waals surface area contributed by atoms with Crippen LogP contribution in [0.5, 0.6) is 0 Å². The Morgan fingerprint density at radius 1 is 1.42 bits per heavy atom. The Hall–Kier alpha value is -1.09. The third-order valence-corrected chi connectivity index (χ3v) is 1.82. The van der Waals surface area contributed by atoms with Gasteiger partial charge in [0.1, 0.15) is 5.69 Å². The largest absolute Gasteiger partial charge is 0.376 e. The van der Waals surface area contributed by atoms with Crippen LogP contribution in [0.25, 0.3) is 0 Å². The predicted octanol–water partition coefficient (Wildman–Crippen LogP) is 2.80. The minimum Gasteiger partial charge on any atom is -0.376 e. The van der Waals surface area contributed by atoms with Gasteiger partial charge in [0.2, 0.25) is 0 Å².